The van der Waals surface area contributed by atoms with Crippen LogP contribution in [-0.2, 0) is 0 Å². The largest absolute Gasteiger partial charge is 0.493 e. The maximum Gasteiger partial charge on any atom is 0.165 e. The number of aryl methyl sites for hydroxylation is 3. The predicted molar refractivity (Wildman–Crippen MR) is 268 cm³/mol. The minimum atomic E-state index is 0.191. The number of hydrogen-bond donors (Lipinski definition) is 0. The van der Waals surface area contributed by atoms with E-state index < -0.39 is 0 Å². The van der Waals surface area contributed by atoms with Gasteiger partial charge in [0.05, 0.1) is 29.4 Å². The predicted octanol–water partition coefficient (Wildman–Crippen LogP) is 17.1. The van der Waals surface area contributed by atoms with Gasteiger partial charge < -0.3 is 18.9 Å². The monoisotopic (exact) mass is 848 g/mol. The van der Waals surface area contributed by atoms with Gasteiger partial charge in [-0.15, -0.1) is 0 Å². The van der Waals surface area contributed by atoms with Crippen LogP contribution in [0, 0.1) is 26.7 Å². The molecule has 6 aromatic carbocycles. The molecule has 2 heterocycles. The van der Waals surface area contributed by atoms with Crippen LogP contribution in [0.25, 0.3) is 39.3 Å². The number of anilines is 3. The fraction of sp³-hybridized carbons (Fsp3) is 0.305. The van der Waals surface area contributed by atoms with Crippen molar-refractivity contribution < 1.29 is 14.3 Å². The Morgan fingerprint density at radius 1 is 0.562 bits per heavy atom. The van der Waals surface area contributed by atoms with Crippen molar-refractivity contribution in [3.63, 3.8) is 0 Å². The van der Waals surface area contributed by atoms with E-state index in [1.165, 1.54) is 43.2 Å². The molecule has 1 aromatic heterocycles. The van der Waals surface area contributed by atoms with Crippen molar-refractivity contribution in [2.75, 3.05) is 11.5 Å². The first-order chi connectivity index (χ1) is 31.2. The Morgan fingerprint density at radius 3 is 1.83 bits per heavy atom. The zero-order valence-corrected chi connectivity index (χ0v) is 38.8. The molecule has 0 aliphatic carbocycles. The van der Waals surface area contributed by atoms with E-state index in [9.17, 15) is 4.79 Å². The quantitative estimate of drug-likeness (QED) is 0.0601. The number of aromatic nitrogens is 1. The molecule has 5 heteroatoms. The fourth-order valence-electron chi connectivity index (χ4n) is 8.93. The molecule has 328 valence electrons. The van der Waals surface area contributed by atoms with Crippen LogP contribution in [0.4, 0.5) is 17.1 Å². The van der Waals surface area contributed by atoms with Crippen molar-refractivity contribution in [3.8, 4) is 56.6 Å². The van der Waals surface area contributed by atoms with Gasteiger partial charge in [0.15, 0.2) is 17.3 Å². The summed E-state index contributed by atoms with van der Waals surface area (Å²) in [6.45, 7) is 13.8. The standard InChI is InChI=1S/C59H64N2O3/c1-7-10-12-13-14-16-56(62)52-39-55(46-22-17-41(4)18-23-46)61(50-29-19-42(5)20-30-50)59(52)47-26-24-45(25-27-47)48-28-36-54-58(38-48)64-57-37-43(6)21-35-53(57)60(54)49-31-33-51(34-32-49)63-40-44(9-3)15-11-8-2/h17-39,44H,7-16,40H2,1-6H3. The highest BCUT2D eigenvalue weighted by molar-refractivity contribution is 6.04. The Morgan fingerprint density at radius 2 is 1.14 bits per heavy atom. The molecule has 5 nitrogen and oxygen atoms in total. The molecule has 1 unspecified atom stereocenters. The summed E-state index contributed by atoms with van der Waals surface area (Å²) in [6, 6.07) is 49.5. The molecule has 0 saturated carbocycles. The molecule has 0 fully saturated rings. The van der Waals surface area contributed by atoms with Crippen LogP contribution in [0.3, 0.4) is 0 Å². The first kappa shape index (κ1) is 44.3. The molecule has 64 heavy (non-hydrogen) atoms. The molecule has 1 aliphatic rings. The Bertz CT molecular complexity index is 2660. The third-order valence-corrected chi connectivity index (χ3v) is 12.8. The molecule has 0 radical (unpaired) electrons. The Kier molecular flexibility index (Phi) is 14.2. The van der Waals surface area contributed by atoms with E-state index in [1.54, 1.807) is 0 Å². The van der Waals surface area contributed by atoms with Crippen molar-refractivity contribution in [2.45, 2.75) is 106 Å². The van der Waals surface area contributed by atoms with Gasteiger partial charge in [-0.2, -0.15) is 0 Å². The van der Waals surface area contributed by atoms with E-state index in [2.05, 4.69) is 191 Å². The number of fused-ring (bicyclic) bond motifs is 2. The summed E-state index contributed by atoms with van der Waals surface area (Å²) < 4.78 is 15.3. The van der Waals surface area contributed by atoms with Crippen molar-refractivity contribution in [3.05, 3.63) is 162 Å². The normalized spacial score (nSPS) is 12.4. The molecule has 0 spiro atoms. The second-order valence-corrected chi connectivity index (χ2v) is 17.8. The Labute approximate surface area is 381 Å². The number of Topliss-reactive ketones (excluding diaryl/α,β-unsaturated/α-hetero) is 1. The van der Waals surface area contributed by atoms with E-state index in [1.807, 2.05) is 0 Å². The molecular weight excluding hydrogens is 785 g/mol. The number of carbonyl (C=O) groups excluding carboxylic acids is 1. The van der Waals surface area contributed by atoms with Crippen LogP contribution in [0.1, 0.15) is 112 Å². The lowest BCUT2D eigenvalue weighted by molar-refractivity contribution is 0.0980. The van der Waals surface area contributed by atoms with Crippen molar-refractivity contribution in [1.29, 1.82) is 0 Å². The van der Waals surface area contributed by atoms with Crippen LogP contribution < -0.4 is 14.4 Å². The van der Waals surface area contributed by atoms with E-state index in [4.69, 9.17) is 9.47 Å². The van der Waals surface area contributed by atoms with Gasteiger partial charge in [0.25, 0.3) is 0 Å². The van der Waals surface area contributed by atoms with Gasteiger partial charge >= 0.3 is 0 Å². The van der Waals surface area contributed by atoms with Gasteiger partial charge in [-0.25, -0.2) is 0 Å². The van der Waals surface area contributed by atoms with Gasteiger partial charge in [-0.3, -0.25) is 4.79 Å². The lowest BCUT2D eigenvalue weighted by atomic mass is 9.97. The smallest absolute Gasteiger partial charge is 0.165 e. The Balaban J connectivity index is 1.14. The lowest BCUT2D eigenvalue weighted by Crippen LogP contribution is -2.16. The number of carbonyl (C=O) groups is 1. The number of ether oxygens (including phenoxy) is 2. The van der Waals surface area contributed by atoms with Crippen LogP contribution in [0.2, 0.25) is 0 Å². The van der Waals surface area contributed by atoms with Gasteiger partial charge in [0.2, 0.25) is 0 Å². The van der Waals surface area contributed by atoms with Crippen LogP contribution >= 0.6 is 0 Å². The molecule has 0 N–H and O–H groups in total. The van der Waals surface area contributed by atoms with E-state index in [0.29, 0.717) is 12.3 Å². The average molecular weight is 849 g/mol. The van der Waals surface area contributed by atoms with Crippen LogP contribution in [0.15, 0.2) is 140 Å². The summed E-state index contributed by atoms with van der Waals surface area (Å²) in [5.74, 6) is 3.28. The number of rotatable bonds is 19. The summed E-state index contributed by atoms with van der Waals surface area (Å²) in [7, 11) is 0. The number of benzene rings is 6. The molecule has 1 atom stereocenters. The second kappa shape index (κ2) is 20.5. The zero-order chi connectivity index (χ0) is 44.6. The summed E-state index contributed by atoms with van der Waals surface area (Å²) in [5.41, 5.74) is 14.5. The highest BCUT2D eigenvalue weighted by Crippen LogP contribution is 2.52. The van der Waals surface area contributed by atoms with E-state index in [0.717, 1.165) is 117 Å². The SMILES string of the molecule is CCCCCCCC(=O)c1cc(-c2ccc(C)cc2)n(-c2ccc(C)cc2)c1-c1ccc(-c2ccc3c(c2)Oc2cc(C)ccc2N3c2ccc(OCC(CC)CCCC)cc2)cc1. The maximum absolute atomic E-state index is 14.3. The van der Waals surface area contributed by atoms with Crippen molar-refractivity contribution in [2.24, 2.45) is 5.92 Å². The molecule has 0 bridgehead atoms. The molecule has 0 saturated heterocycles. The first-order valence-electron chi connectivity index (χ1n) is 23.7. The lowest BCUT2D eigenvalue weighted by Gasteiger charge is -2.33. The number of unbranched alkanes of at least 4 members (excludes halogenated alkanes) is 5. The summed E-state index contributed by atoms with van der Waals surface area (Å²) in [5, 5.41) is 0. The molecular formula is C59H64N2O3. The highest BCUT2D eigenvalue weighted by atomic mass is 16.5. The zero-order valence-electron chi connectivity index (χ0n) is 38.8. The van der Waals surface area contributed by atoms with Gasteiger partial charge in [0, 0.05) is 23.4 Å². The summed E-state index contributed by atoms with van der Waals surface area (Å²) in [4.78, 5) is 16.6. The third kappa shape index (κ3) is 9.90. The molecule has 0 amide bonds. The molecule has 7 aromatic rings. The van der Waals surface area contributed by atoms with Crippen LogP contribution in [-0.4, -0.2) is 17.0 Å². The summed E-state index contributed by atoms with van der Waals surface area (Å²) in [6.07, 6.45) is 10.8. The number of hydrogen-bond acceptors (Lipinski definition) is 4. The second-order valence-electron chi connectivity index (χ2n) is 17.8. The third-order valence-electron chi connectivity index (χ3n) is 12.8. The van der Waals surface area contributed by atoms with Crippen molar-refractivity contribution >= 4 is 22.8 Å². The Hall–Kier alpha value is -6.33. The van der Waals surface area contributed by atoms with Gasteiger partial charge in [0.1, 0.15) is 5.75 Å². The van der Waals surface area contributed by atoms with Crippen LogP contribution in [0.5, 0.6) is 17.2 Å². The molecule has 1 aliphatic heterocycles. The number of ketones is 1. The van der Waals surface area contributed by atoms with E-state index >= 15 is 0 Å². The summed E-state index contributed by atoms with van der Waals surface area (Å²) >= 11 is 0. The maximum atomic E-state index is 14.3. The average Bonchev–Trinajstić information content (AvgIpc) is 3.72. The number of nitrogens with zero attached hydrogens (tertiary/aromatic N) is 2. The highest BCUT2D eigenvalue weighted by Gasteiger charge is 2.28. The minimum absolute atomic E-state index is 0.191. The fourth-order valence-corrected chi connectivity index (χ4v) is 8.93. The van der Waals surface area contributed by atoms with Gasteiger partial charge in [-0.1, -0.05) is 150 Å². The first-order valence-corrected chi connectivity index (χ1v) is 23.7. The van der Waals surface area contributed by atoms with E-state index in [-0.39, 0.29) is 5.78 Å². The van der Waals surface area contributed by atoms with Gasteiger partial charge in [-0.05, 0) is 134 Å². The molecule has 8 rings (SSSR count). The van der Waals surface area contributed by atoms with Crippen molar-refractivity contribution in [1.82, 2.24) is 4.57 Å². The minimum Gasteiger partial charge on any atom is -0.493 e. The topological polar surface area (TPSA) is 43.7 Å².